The Hall–Kier alpha value is -2.36. The minimum absolute atomic E-state index is 0.586. The highest BCUT2D eigenvalue weighted by atomic mass is 15.4. The van der Waals surface area contributed by atoms with Gasteiger partial charge in [0.15, 0.2) is 5.65 Å². The third kappa shape index (κ3) is 3.13. The van der Waals surface area contributed by atoms with E-state index in [-0.39, 0.29) is 0 Å². The van der Waals surface area contributed by atoms with Gasteiger partial charge in [-0.15, -0.1) is 0 Å². The highest BCUT2D eigenvalue weighted by Gasteiger charge is 2.31. The molecule has 4 heteroatoms. The van der Waals surface area contributed by atoms with Crippen molar-refractivity contribution in [3.8, 4) is 11.1 Å². The zero-order chi connectivity index (χ0) is 20.9. The Balaban J connectivity index is 2.04. The highest BCUT2D eigenvalue weighted by Crippen LogP contribution is 2.39. The van der Waals surface area contributed by atoms with Crippen molar-refractivity contribution in [2.75, 3.05) is 11.4 Å². The molecule has 0 saturated heterocycles. The summed E-state index contributed by atoms with van der Waals surface area (Å²) in [6, 6.07) is 5.13. The summed E-state index contributed by atoms with van der Waals surface area (Å²) in [6.07, 6.45) is 4.62. The molecule has 3 heterocycles. The molecule has 1 atom stereocenters. The molecule has 0 N–H and O–H groups in total. The van der Waals surface area contributed by atoms with Crippen molar-refractivity contribution in [1.29, 1.82) is 0 Å². The lowest BCUT2D eigenvalue weighted by Gasteiger charge is -2.38. The first-order chi connectivity index (χ1) is 13.9. The third-order valence-electron chi connectivity index (χ3n) is 6.52. The van der Waals surface area contributed by atoms with Crippen LogP contribution in [0.4, 0.5) is 5.82 Å². The zero-order valence-corrected chi connectivity index (χ0v) is 19.1. The maximum atomic E-state index is 5.11. The van der Waals surface area contributed by atoms with Gasteiger partial charge in [-0.25, -0.2) is 4.98 Å². The fourth-order valence-electron chi connectivity index (χ4n) is 5.33. The van der Waals surface area contributed by atoms with Crippen molar-refractivity contribution in [2.45, 2.75) is 80.2 Å². The molecule has 29 heavy (non-hydrogen) atoms. The maximum Gasteiger partial charge on any atom is 0.165 e. The van der Waals surface area contributed by atoms with E-state index in [9.17, 15) is 0 Å². The number of nitrogens with zero attached hydrogens (tertiary/aromatic N) is 4. The number of fused-ring (bicyclic) bond motifs is 3. The van der Waals surface area contributed by atoms with Crippen LogP contribution in [-0.2, 0) is 6.42 Å². The van der Waals surface area contributed by atoms with Crippen molar-refractivity contribution in [1.82, 2.24) is 14.6 Å². The highest BCUT2D eigenvalue weighted by molar-refractivity contribution is 5.85. The molecule has 154 valence electrons. The van der Waals surface area contributed by atoms with E-state index in [0.29, 0.717) is 6.04 Å². The number of hydrogen-bond acceptors (Lipinski definition) is 3. The number of benzene rings is 1. The van der Waals surface area contributed by atoms with Crippen LogP contribution in [0.25, 0.3) is 16.8 Å². The summed E-state index contributed by atoms with van der Waals surface area (Å²) in [5, 5.41) is 5.06. The molecule has 4 rings (SSSR count). The summed E-state index contributed by atoms with van der Waals surface area (Å²) < 4.78 is 2.16. The van der Waals surface area contributed by atoms with Crippen molar-refractivity contribution in [3.05, 3.63) is 45.8 Å². The number of aromatic nitrogens is 3. The van der Waals surface area contributed by atoms with E-state index >= 15 is 0 Å². The fraction of sp³-hybridized carbons (Fsp3) is 0.520. The van der Waals surface area contributed by atoms with Gasteiger partial charge in [0.05, 0.1) is 11.3 Å². The van der Waals surface area contributed by atoms with E-state index in [1.807, 2.05) is 0 Å². The molecular weight excluding hydrogens is 356 g/mol. The lowest BCUT2D eigenvalue weighted by molar-refractivity contribution is 0.496. The second-order valence-corrected chi connectivity index (χ2v) is 8.76. The zero-order valence-electron chi connectivity index (χ0n) is 19.1. The molecule has 0 fully saturated rings. The first-order valence-corrected chi connectivity index (χ1v) is 11.1. The van der Waals surface area contributed by atoms with Gasteiger partial charge in [0.2, 0.25) is 0 Å². The van der Waals surface area contributed by atoms with Gasteiger partial charge >= 0.3 is 0 Å². The Labute approximate surface area is 175 Å². The van der Waals surface area contributed by atoms with Gasteiger partial charge in [-0.1, -0.05) is 31.5 Å². The van der Waals surface area contributed by atoms with Crippen LogP contribution in [0.1, 0.15) is 66.8 Å². The molecule has 4 nitrogen and oxygen atoms in total. The first kappa shape index (κ1) is 19.9. The molecule has 1 aromatic carbocycles. The number of hydrogen-bond donors (Lipinski definition) is 0. The van der Waals surface area contributed by atoms with E-state index < -0.39 is 0 Å². The van der Waals surface area contributed by atoms with Crippen LogP contribution in [0.15, 0.2) is 12.1 Å². The van der Waals surface area contributed by atoms with Crippen LogP contribution in [0.2, 0.25) is 0 Å². The molecule has 0 spiro atoms. The molecule has 0 saturated carbocycles. The smallest absolute Gasteiger partial charge is 0.165 e. The summed E-state index contributed by atoms with van der Waals surface area (Å²) in [5.74, 6) is 1.28. The molecule has 0 aliphatic carbocycles. The van der Waals surface area contributed by atoms with Crippen LogP contribution in [0.3, 0.4) is 0 Å². The van der Waals surface area contributed by atoms with Gasteiger partial charge < -0.3 is 4.90 Å². The second-order valence-electron chi connectivity index (χ2n) is 8.76. The molecular formula is C25H34N4. The Morgan fingerprint density at radius 2 is 1.66 bits per heavy atom. The first-order valence-electron chi connectivity index (χ1n) is 11.1. The summed E-state index contributed by atoms with van der Waals surface area (Å²) in [5.41, 5.74) is 11.0. The Morgan fingerprint density at radius 1 is 0.966 bits per heavy atom. The normalized spacial score (nSPS) is 16.5. The summed E-state index contributed by atoms with van der Waals surface area (Å²) in [6.45, 7) is 16.5. The average Bonchev–Trinajstić information content (AvgIpc) is 2.97. The largest absolute Gasteiger partial charge is 0.353 e. The van der Waals surface area contributed by atoms with Crippen LogP contribution < -0.4 is 4.90 Å². The second kappa shape index (κ2) is 7.47. The van der Waals surface area contributed by atoms with Crippen LogP contribution >= 0.6 is 0 Å². The van der Waals surface area contributed by atoms with Crippen molar-refractivity contribution in [3.63, 3.8) is 0 Å². The van der Waals surface area contributed by atoms with E-state index in [1.54, 1.807) is 0 Å². The van der Waals surface area contributed by atoms with Gasteiger partial charge in [-0.05, 0) is 77.0 Å². The molecule has 1 aliphatic rings. The van der Waals surface area contributed by atoms with Gasteiger partial charge in [0.25, 0.3) is 0 Å². The van der Waals surface area contributed by atoms with E-state index in [4.69, 9.17) is 10.1 Å². The van der Waals surface area contributed by atoms with Crippen molar-refractivity contribution < 1.29 is 0 Å². The Bertz CT molecular complexity index is 1050. The van der Waals surface area contributed by atoms with Gasteiger partial charge in [0.1, 0.15) is 5.82 Å². The van der Waals surface area contributed by atoms with Gasteiger partial charge in [0, 0.05) is 23.8 Å². The Morgan fingerprint density at radius 3 is 2.28 bits per heavy atom. The number of anilines is 1. The number of aryl methyl sites for hydroxylation is 5. The monoisotopic (exact) mass is 390 g/mol. The maximum absolute atomic E-state index is 5.11. The molecule has 0 radical (unpaired) electrons. The van der Waals surface area contributed by atoms with Gasteiger partial charge in [-0.3, -0.25) is 0 Å². The quantitative estimate of drug-likeness (QED) is 0.558. The average molecular weight is 391 g/mol. The van der Waals surface area contributed by atoms with E-state index in [1.165, 1.54) is 52.0 Å². The molecule has 0 bridgehead atoms. The minimum Gasteiger partial charge on any atom is -0.353 e. The molecule has 2 aromatic heterocycles. The van der Waals surface area contributed by atoms with Crippen molar-refractivity contribution >= 4 is 11.5 Å². The van der Waals surface area contributed by atoms with E-state index in [2.05, 4.69) is 70.0 Å². The Kier molecular flexibility index (Phi) is 5.14. The van der Waals surface area contributed by atoms with Gasteiger partial charge in [-0.2, -0.15) is 9.61 Å². The van der Waals surface area contributed by atoms with Crippen LogP contribution in [0, 0.1) is 34.6 Å². The molecule has 3 aromatic rings. The van der Waals surface area contributed by atoms with Crippen molar-refractivity contribution in [2.24, 2.45) is 0 Å². The number of rotatable bonds is 4. The minimum atomic E-state index is 0.586. The molecule has 0 amide bonds. The van der Waals surface area contributed by atoms with E-state index in [0.717, 1.165) is 36.4 Å². The predicted molar refractivity (Wildman–Crippen MR) is 122 cm³/mol. The molecule has 1 aliphatic heterocycles. The summed E-state index contributed by atoms with van der Waals surface area (Å²) in [7, 11) is 0. The lowest BCUT2D eigenvalue weighted by atomic mass is 9.93. The predicted octanol–water partition coefficient (Wildman–Crippen LogP) is 5.88. The van der Waals surface area contributed by atoms with Crippen LogP contribution in [0.5, 0.6) is 0 Å². The summed E-state index contributed by atoms with van der Waals surface area (Å²) in [4.78, 5) is 7.71. The fourth-order valence-corrected chi connectivity index (χ4v) is 5.33. The lowest BCUT2D eigenvalue weighted by Crippen LogP contribution is -2.41. The third-order valence-corrected chi connectivity index (χ3v) is 6.52. The standard InChI is InChI=1S/C25H34N4/c1-8-12-28-20(9-2)10-11-21-18(6)26-24-23(19(7)27-29(24)25(21)28)22-16(4)13-15(3)14-17(22)5/h13-14,20H,8-12H2,1-7H3. The van der Waals surface area contributed by atoms with Crippen LogP contribution in [-0.4, -0.2) is 27.2 Å². The SMILES string of the molecule is CCCN1c2c(c(C)nc3c(-c4c(C)cc(C)cc4C)c(C)nn23)CCC1CC. The summed E-state index contributed by atoms with van der Waals surface area (Å²) >= 11 is 0. The topological polar surface area (TPSA) is 33.4 Å². The molecule has 1 unspecified atom stereocenters.